The minimum Gasteiger partial charge on any atom is -0.497 e. The van der Waals surface area contributed by atoms with E-state index in [1.807, 2.05) is 6.07 Å². The molecule has 0 saturated carbocycles. The zero-order valence-corrected chi connectivity index (χ0v) is 19.5. The van der Waals surface area contributed by atoms with Crippen LogP contribution in [0.5, 0.6) is 11.5 Å². The number of hydrogen-bond acceptors (Lipinski definition) is 8. The van der Waals surface area contributed by atoms with E-state index in [0.717, 1.165) is 37.2 Å². The molecule has 3 heterocycles. The van der Waals surface area contributed by atoms with Gasteiger partial charge in [-0.2, -0.15) is 0 Å². The number of rotatable bonds is 7. The molecule has 4 atom stereocenters. The lowest BCUT2D eigenvalue weighted by molar-refractivity contribution is -0.160. The molecule has 1 saturated heterocycles. The van der Waals surface area contributed by atoms with Crippen molar-refractivity contribution < 1.29 is 34.0 Å². The zero-order valence-electron chi connectivity index (χ0n) is 19.5. The third-order valence-electron chi connectivity index (χ3n) is 7.32. The predicted molar refractivity (Wildman–Crippen MR) is 119 cm³/mol. The maximum Gasteiger partial charge on any atom is 0.335 e. The maximum absolute atomic E-state index is 12.9. The first-order valence-electron chi connectivity index (χ1n) is 11.8. The van der Waals surface area contributed by atoms with Crippen molar-refractivity contribution in [3.8, 4) is 11.5 Å². The second kappa shape index (κ2) is 8.49. The first-order chi connectivity index (χ1) is 15.8. The first-order valence-corrected chi connectivity index (χ1v) is 11.8. The highest BCUT2D eigenvalue weighted by molar-refractivity contribution is 5.75. The number of carbonyl (C=O) groups is 1. The highest BCUT2D eigenvalue weighted by Crippen LogP contribution is 2.52. The number of hydrogen-bond donors (Lipinski definition) is 2. The van der Waals surface area contributed by atoms with Gasteiger partial charge in [-0.25, -0.2) is 4.79 Å². The fraction of sp³-hybridized carbons (Fsp3) is 0.640. The van der Waals surface area contributed by atoms with E-state index in [1.54, 1.807) is 21.0 Å². The van der Waals surface area contributed by atoms with Crippen LogP contribution in [0.15, 0.2) is 23.5 Å². The monoisotopic (exact) mass is 459 g/mol. The Morgan fingerprint density at radius 2 is 1.97 bits per heavy atom. The van der Waals surface area contributed by atoms with E-state index in [9.17, 15) is 15.0 Å². The SMILES string of the molecule is COC1=C2CCN3CCc4cc5c(cc4C(C1OC(=O)C(O)CCCC(C)(C)O)C23)OCO5. The Labute approximate surface area is 194 Å². The summed E-state index contributed by atoms with van der Waals surface area (Å²) in [5.74, 6) is 1.39. The molecule has 3 aliphatic heterocycles. The van der Waals surface area contributed by atoms with Crippen LogP contribution in [0.1, 0.15) is 56.6 Å². The largest absolute Gasteiger partial charge is 0.497 e. The van der Waals surface area contributed by atoms with Gasteiger partial charge in [0.1, 0.15) is 5.76 Å². The van der Waals surface area contributed by atoms with Gasteiger partial charge in [0.25, 0.3) is 0 Å². The number of methoxy groups -OCH3 is 1. The van der Waals surface area contributed by atoms with Gasteiger partial charge < -0.3 is 29.2 Å². The van der Waals surface area contributed by atoms with Crippen LogP contribution in [0.4, 0.5) is 0 Å². The summed E-state index contributed by atoms with van der Waals surface area (Å²) in [7, 11) is 1.62. The molecule has 1 aromatic rings. The number of ether oxygens (including phenoxy) is 4. The number of carbonyl (C=O) groups excluding carboxylic acids is 1. The number of aliphatic hydroxyl groups is 2. The molecule has 1 aromatic carbocycles. The van der Waals surface area contributed by atoms with Crippen molar-refractivity contribution in [2.75, 3.05) is 27.0 Å². The van der Waals surface area contributed by atoms with Gasteiger partial charge in [-0.05, 0) is 74.8 Å². The van der Waals surface area contributed by atoms with Crippen LogP contribution < -0.4 is 9.47 Å². The van der Waals surface area contributed by atoms with E-state index in [4.69, 9.17) is 18.9 Å². The van der Waals surface area contributed by atoms with Crippen LogP contribution in [0.3, 0.4) is 0 Å². The summed E-state index contributed by atoms with van der Waals surface area (Å²) in [5, 5.41) is 20.4. The van der Waals surface area contributed by atoms with E-state index < -0.39 is 23.8 Å². The van der Waals surface area contributed by atoms with Gasteiger partial charge in [0.05, 0.1) is 12.7 Å². The lowest BCUT2D eigenvalue weighted by Crippen LogP contribution is -2.38. The summed E-state index contributed by atoms with van der Waals surface area (Å²) in [6, 6.07) is 4.18. The lowest BCUT2D eigenvalue weighted by Gasteiger charge is -2.30. The van der Waals surface area contributed by atoms with Crippen LogP contribution in [-0.4, -0.2) is 71.9 Å². The van der Waals surface area contributed by atoms with Crippen molar-refractivity contribution in [3.63, 3.8) is 0 Å². The van der Waals surface area contributed by atoms with Crippen LogP contribution in [0.25, 0.3) is 0 Å². The van der Waals surface area contributed by atoms with Crippen molar-refractivity contribution in [3.05, 3.63) is 34.6 Å². The summed E-state index contributed by atoms with van der Waals surface area (Å²) in [6.07, 6.45) is 1.18. The number of fused-ring (bicyclic) bond motifs is 3. The second-order valence-electron chi connectivity index (χ2n) is 10.1. The van der Waals surface area contributed by atoms with Crippen molar-refractivity contribution in [2.45, 2.75) is 75.7 Å². The molecule has 5 rings (SSSR count). The topological polar surface area (TPSA) is 97.7 Å². The summed E-state index contributed by atoms with van der Waals surface area (Å²) in [4.78, 5) is 15.4. The van der Waals surface area contributed by atoms with Gasteiger partial charge in [-0.15, -0.1) is 0 Å². The first kappa shape index (κ1) is 22.5. The van der Waals surface area contributed by atoms with Gasteiger partial charge in [0, 0.05) is 25.0 Å². The summed E-state index contributed by atoms with van der Waals surface area (Å²) < 4.78 is 23.0. The average molecular weight is 460 g/mol. The summed E-state index contributed by atoms with van der Waals surface area (Å²) in [6.45, 7) is 5.50. The van der Waals surface area contributed by atoms with Crippen molar-refractivity contribution in [1.82, 2.24) is 4.90 Å². The normalized spacial score (nSPS) is 26.6. The minimum absolute atomic E-state index is 0.103. The van der Waals surface area contributed by atoms with Crippen LogP contribution in [0.2, 0.25) is 0 Å². The van der Waals surface area contributed by atoms with Gasteiger partial charge in [-0.3, -0.25) is 4.90 Å². The highest BCUT2D eigenvalue weighted by Gasteiger charge is 2.53. The zero-order chi connectivity index (χ0) is 23.3. The minimum atomic E-state index is -1.24. The molecule has 0 amide bonds. The van der Waals surface area contributed by atoms with Crippen molar-refractivity contribution in [1.29, 1.82) is 0 Å². The van der Waals surface area contributed by atoms with E-state index in [0.29, 0.717) is 24.4 Å². The Morgan fingerprint density at radius 3 is 2.70 bits per heavy atom. The fourth-order valence-corrected chi connectivity index (χ4v) is 5.79. The molecule has 180 valence electrons. The fourth-order valence-electron chi connectivity index (χ4n) is 5.79. The number of nitrogens with zero attached hydrogens (tertiary/aromatic N) is 1. The molecular formula is C25H33NO7. The van der Waals surface area contributed by atoms with Gasteiger partial charge in [0.15, 0.2) is 23.7 Å². The van der Waals surface area contributed by atoms with Gasteiger partial charge >= 0.3 is 5.97 Å². The molecule has 8 heteroatoms. The summed E-state index contributed by atoms with van der Waals surface area (Å²) >= 11 is 0. The van der Waals surface area contributed by atoms with Gasteiger partial charge in [-0.1, -0.05) is 0 Å². The molecule has 0 radical (unpaired) electrons. The molecule has 0 aromatic heterocycles. The Bertz CT molecular complexity index is 966. The predicted octanol–water partition coefficient (Wildman–Crippen LogP) is 2.26. The quantitative estimate of drug-likeness (QED) is 0.600. The standard InChI is InChI=1S/C25H33NO7/c1-25(2,29)8-4-5-17(27)24(28)33-23-20-16-12-19-18(31-13-32-19)11-14(16)6-9-26-10-7-15(21(20)26)22(23)30-3/h11-12,17,20-21,23,27,29H,4-10,13H2,1-3H3. The van der Waals surface area contributed by atoms with Crippen LogP contribution in [-0.2, 0) is 20.7 Å². The molecule has 1 fully saturated rings. The number of benzene rings is 1. The maximum atomic E-state index is 12.9. The lowest BCUT2D eigenvalue weighted by atomic mass is 9.86. The average Bonchev–Trinajstić information content (AvgIpc) is 3.42. The third kappa shape index (κ3) is 4.09. The van der Waals surface area contributed by atoms with E-state index in [2.05, 4.69) is 11.0 Å². The Balaban J connectivity index is 1.42. The van der Waals surface area contributed by atoms with E-state index in [-0.39, 0.29) is 25.2 Å². The molecule has 0 spiro atoms. The molecule has 1 aliphatic carbocycles. The highest BCUT2D eigenvalue weighted by atomic mass is 16.7. The molecule has 4 unspecified atom stereocenters. The molecule has 4 aliphatic rings. The van der Waals surface area contributed by atoms with E-state index in [1.165, 1.54) is 11.1 Å². The Kier molecular flexibility index (Phi) is 5.79. The van der Waals surface area contributed by atoms with Crippen molar-refractivity contribution >= 4 is 5.97 Å². The Hall–Kier alpha value is -2.29. The second-order valence-corrected chi connectivity index (χ2v) is 10.1. The molecule has 0 bridgehead atoms. The smallest absolute Gasteiger partial charge is 0.335 e. The number of aliphatic hydroxyl groups excluding tert-OH is 1. The molecule has 2 N–H and O–H groups in total. The van der Waals surface area contributed by atoms with E-state index >= 15 is 0 Å². The van der Waals surface area contributed by atoms with Gasteiger partial charge in [0.2, 0.25) is 6.79 Å². The number of esters is 1. The van der Waals surface area contributed by atoms with Crippen LogP contribution >= 0.6 is 0 Å². The van der Waals surface area contributed by atoms with Crippen molar-refractivity contribution in [2.24, 2.45) is 0 Å². The van der Waals surface area contributed by atoms with Crippen LogP contribution in [0, 0.1) is 0 Å². The molecular weight excluding hydrogens is 426 g/mol. The third-order valence-corrected chi connectivity index (χ3v) is 7.32. The summed E-state index contributed by atoms with van der Waals surface area (Å²) in [5.41, 5.74) is 2.61. The Morgan fingerprint density at radius 1 is 1.24 bits per heavy atom. The molecule has 8 nitrogen and oxygen atoms in total. The molecule has 33 heavy (non-hydrogen) atoms.